The Bertz CT molecular complexity index is 1230. The Morgan fingerprint density at radius 1 is 1.22 bits per heavy atom. The maximum absolute atomic E-state index is 12.5. The van der Waals surface area contributed by atoms with E-state index < -0.39 is 0 Å². The molecule has 0 saturated heterocycles. The molecule has 0 saturated carbocycles. The fourth-order valence-corrected chi connectivity index (χ4v) is 3.18. The second-order valence-corrected chi connectivity index (χ2v) is 6.65. The highest BCUT2D eigenvalue weighted by Gasteiger charge is 2.11. The van der Waals surface area contributed by atoms with Crippen molar-refractivity contribution in [2.45, 2.75) is 20.0 Å². The van der Waals surface area contributed by atoms with Crippen LogP contribution in [0.5, 0.6) is 0 Å². The van der Waals surface area contributed by atoms with Crippen LogP contribution in [0.25, 0.3) is 21.8 Å². The van der Waals surface area contributed by atoms with Crippen LogP contribution in [0.1, 0.15) is 11.5 Å². The van der Waals surface area contributed by atoms with Crippen LogP contribution in [0, 0.1) is 6.92 Å². The first-order chi connectivity index (χ1) is 13.0. The molecule has 0 spiro atoms. The summed E-state index contributed by atoms with van der Waals surface area (Å²) < 4.78 is 1.19. The van der Waals surface area contributed by atoms with Gasteiger partial charge in [0.25, 0.3) is 5.56 Å². The number of aryl methyl sites for hydroxylation is 1. The molecule has 1 amide bonds. The molecule has 4 aromatic rings. The zero-order valence-corrected chi connectivity index (χ0v) is 15.2. The van der Waals surface area contributed by atoms with Crippen LogP contribution in [0.2, 0.25) is 5.02 Å². The summed E-state index contributed by atoms with van der Waals surface area (Å²) in [4.78, 5) is 32.3. The number of nitrogens with one attached hydrogen (secondary N) is 2. The summed E-state index contributed by atoms with van der Waals surface area (Å²) in [5, 5.41) is 8.95. The van der Waals surface area contributed by atoms with Crippen LogP contribution >= 0.6 is 11.6 Å². The van der Waals surface area contributed by atoms with Gasteiger partial charge in [-0.15, -0.1) is 0 Å². The molecule has 4 rings (SSSR count). The third-order valence-electron chi connectivity index (χ3n) is 4.29. The van der Waals surface area contributed by atoms with Crippen molar-refractivity contribution >= 4 is 39.3 Å². The monoisotopic (exact) mass is 381 g/mol. The number of amides is 1. The summed E-state index contributed by atoms with van der Waals surface area (Å²) in [5.74, 6) is 0.286. The van der Waals surface area contributed by atoms with Gasteiger partial charge in [-0.25, -0.2) is 9.67 Å². The number of hydrogen-bond donors (Lipinski definition) is 2. The molecular weight excluding hydrogens is 366 g/mol. The first kappa shape index (κ1) is 17.2. The maximum atomic E-state index is 12.5. The second-order valence-electron chi connectivity index (χ2n) is 6.22. The van der Waals surface area contributed by atoms with E-state index in [4.69, 9.17) is 11.6 Å². The molecule has 2 aromatic heterocycles. The van der Waals surface area contributed by atoms with Gasteiger partial charge in [-0.05, 0) is 31.2 Å². The van der Waals surface area contributed by atoms with E-state index in [0.29, 0.717) is 21.9 Å². The van der Waals surface area contributed by atoms with E-state index >= 15 is 0 Å². The molecule has 0 fully saturated rings. The number of hydrogen-bond acceptors (Lipinski definition) is 4. The first-order valence-corrected chi connectivity index (χ1v) is 8.76. The number of H-pyrrole nitrogens is 1. The lowest BCUT2D eigenvalue weighted by atomic mass is 10.1. The minimum atomic E-state index is -0.322. The number of carbonyl (C=O) groups is 1. The molecule has 2 aromatic carbocycles. The van der Waals surface area contributed by atoms with Crippen LogP contribution in [0.15, 0.2) is 47.3 Å². The van der Waals surface area contributed by atoms with E-state index in [9.17, 15) is 9.59 Å². The lowest BCUT2D eigenvalue weighted by Crippen LogP contribution is -2.34. The largest absolute Gasteiger partial charge is 0.347 e. The zero-order valence-electron chi connectivity index (χ0n) is 14.5. The molecule has 27 heavy (non-hydrogen) atoms. The van der Waals surface area contributed by atoms with Gasteiger partial charge in [-0.2, -0.15) is 5.10 Å². The van der Waals surface area contributed by atoms with Gasteiger partial charge in [0.2, 0.25) is 5.91 Å². The molecule has 136 valence electrons. The van der Waals surface area contributed by atoms with Gasteiger partial charge in [0.1, 0.15) is 12.4 Å². The Kier molecular flexibility index (Phi) is 4.37. The number of benzene rings is 2. The zero-order chi connectivity index (χ0) is 19.0. The highest BCUT2D eigenvalue weighted by molar-refractivity contribution is 6.31. The third kappa shape index (κ3) is 3.41. The average molecular weight is 382 g/mol. The number of halogens is 1. The van der Waals surface area contributed by atoms with E-state index in [1.807, 2.05) is 19.1 Å². The van der Waals surface area contributed by atoms with E-state index in [1.165, 1.54) is 4.68 Å². The lowest BCUT2D eigenvalue weighted by molar-refractivity contribution is -0.122. The Labute approximate surface area is 159 Å². The Morgan fingerprint density at radius 2 is 2.00 bits per heavy atom. The minimum absolute atomic E-state index is 0.156. The predicted octanol–water partition coefficient (Wildman–Crippen LogP) is 2.55. The second kappa shape index (κ2) is 6.85. The van der Waals surface area contributed by atoms with Gasteiger partial charge in [0.05, 0.1) is 28.7 Å². The summed E-state index contributed by atoms with van der Waals surface area (Å²) in [5.41, 5.74) is 1.98. The normalized spacial score (nSPS) is 11.2. The smallest absolute Gasteiger partial charge is 0.275 e. The number of aromatic nitrogens is 4. The van der Waals surface area contributed by atoms with E-state index in [0.717, 1.165) is 16.4 Å². The Balaban J connectivity index is 1.50. The van der Waals surface area contributed by atoms with E-state index in [2.05, 4.69) is 20.4 Å². The number of carbonyl (C=O) groups excluding carboxylic acids is 1. The van der Waals surface area contributed by atoms with E-state index in [1.54, 1.807) is 30.3 Å². The summed E-state index contributed by atoms with van der Waals surface area (Å²) in [6, 6.07) is 12.6. The molecule has 0 aliphatic rings. The SMILES string of the molecule is Cc1nn(CC(=O)NCc2nc3ccc(Cl)cc3[nH]2)c(=O)c2ccccc12. The highest BCUT2D eigenvalue weighted by Crippen LogP contribution is 2.17. The Morgan fingerprint density at radius 3 is 2.81 bits per heavy atom. The molecule has 0 bridgehead atoms. The van der Waals surface area contributed by atoms with Gasteiger partial charge >= 0.3 is 0 Å². The number of fused-ring (bicyclic) bond motifs is 2. The van der Waals surface area contributed by atoms with Crippen molar-refractivity contribution in [3.05, 3.63) is 69.4 Å². The quantitative estimate of drug-likeness (QED) is 0.568. The van der Waals surface area contributed by atoms with Crippen LogP contribution in [-0.4, -0.2) is 25.7 Å². The number of nitrogens with zero attached hydrogens (tertiary/aromatic N) is 3. The molecule has 0 atom stereocenters. The summed E-state index contributed by atoms with van der Waals surface area (Å²) >= 11 is 5.96. The molecule has 0 aliphatic heterocycles. The maximum Gasteiger partial charge on any atom is 0.275 e. The topological polar surface area (TPSA) is 92.7 Å². The fraction of sp³-hybridized carbons (Fsp3) is 0.158. The number of rotatable bonds is 4. The number of imidazole rings is 1. The van der Waals surface area contributed by atoms with Crippen molar-refractivity contribution in [3.63, 3.8) is 0 Å². The lowest BCUT2D eigenvalue weighted by Gasteiger charge is -2.08. The van der Waals surface area contributed by atoms with Crippen LogP contribution < -0.4 is 10.9 Å². The van der Waals surface area contributed by atoms with Gasteiger partial charge in [-0.1, -0.05) is 29.8 Å². The molecular formula is C19H16ClN5O2. The molecule has 0 aliphatic carbocycles. The van der Waals surface area contributed by atoms with Gasteiger partial charge in [0.15, 0.2) is 0 Å². The summed E-state index contributed by atoms with van der Waals surface area (Å²) in [6.07, 6.45) is 0. The highest BCUT2D eigenvalue weighted by atomic mass is 35.5. The van der Waals surface area contributed by atoms with Crippen LogP contribution in [-0.2, 0) is 17.9 Å². The molecule has 8 heteroatoms. The molecule has 7 nitrogen and oxygen atoms in total. The number of aromatic amines is 1. The van der Waals surface area contributed by atoms with Crippen molar-refractivity contribution in [1.82, 2.24) is 25.1 Å². The van der Waals surface area contributed by atoms with E-state index in [-0.39, 0.29) is 24.6 Å². The molecule has 2 N–H and O–H groups in total. The van der Waals surface area contributed by atoms with Crippen molar-refractivity contribution in [1.29, 1.82) is 0 Å². The average Bonchev–Trinajstić information content (AvgIpc) is 3.06. The van der Waals surface area contributed by atoms with Crippen molar-refractivity contribution in [3.8, 4) is 0 Å². The third-order valence-corrected chi connectivity index (χ3v) is 4.53. The van der Waals surface area contributed by atoms with Gasteiger partial charge in [-0.3, -0.25) is 9.59 Å². The van der Waals surface area contributed by atoms with Gasteiger partial charge in [0, 0.05) is 10.4 Å². The van der Waals surface area contributed by atoms with Crippen LogP contribution in [0.3, 0.4) is 0 Å². The van der Waals surface area contributed by atoms with Crippen molar-refractivity contribution < 1.29 is 4.79 Å². The molecule has 0 unspecified atom stereocenters. The predicted molar refractivity (Wildman–Crippen MR) is 104 cm³/mol. The standard InChI is InChI=1S/C19H16ClN5O2/c1-11-13-4-2-3-5-14(13)19(27)25(24-11)10-18(26)21-9-17-22-15-7-6-12(20)8-16(15)23-17/h2-8H,9-10H2,1H3,(H,21,26)(H,22,23). The van der Waals surface area contributed by atoms with Crippen molar-refractivity contribution in [2.24, 2.45) is 0 Å². The van der Waals surface area contributed by atoms with Gasteiger partial charge < -0.3 is 10.3 Å². The Hall–Kier alpha value is -3.19. The summed E-state index contributed by atoms with van der Waals surface area (Å²) in [7, 11) is 0. The summed E-state index contributed by atoms with van der Waals surface area (Å²) in [6.45, 7) is 1.87. The molecule has 2 heterocycles. The fourth-order valence-electron chi connectivity index (χ4n) is 3.00. The first-order valence-electron chi connectivity index (χ1n) is 8.38. The van der Waals surface area contributed by atoms with Crippen LogP contribution in [0.4, 0.5) is 0 Å². The van der Waals surface area contributed by atoms with Crippen molar-refractivity contribution in [2.75, 3.05) is 0 Å². The molecule has 0 radical (unpaired) electrons. The minimum Gasteiger partial charge on any atom is -0.347 e.